The predicted octanol–water partition coefficient (Wildman–Crippen LogP) is 2.85. The molecule has 20 heavy (non-hydrogen) atoms. The maximum atomic E-state index is 8.71. The van der Waals surface area contributed by atoms with Crippen LogP contribution in [0.4, 0.5) is 0 Å². The molecule has 0 aromatic carbocycles. The Morgan fingerprint density at radius 3 is 2.90 bits per heavy atom. The van der Waals surface area contributed by atoms with E-state index >= 15 is 0 Å². The summed E-state index contributed by atoms with van der Waals surface area (Å²) in [6.45, 7) is 0.636. The quantitative estimate of drug-likeness (QED) is 0.860. The van der Waals surface area contributed by atoms with Gasteiger partial charge in [0.2, 0.25) is 5.88 Å². The molecule has 0 saturated heterocycles. The zero-order valence-corrected chi connectivity index (χ0v) is 12.2. The number of aliphatic hydroxyl groups is 1. The van der Waals surface area contributed by atoms with Crippen molar-refractivity contribution in [3.05, 3.63) is 28.9 Å². The highest BCUT2D eigenvalue weighted by atomic mass is 32.1. The summed E-state index contributed by atoms with van der Waals surface area (Å²) in [4.78, 5) is 10.5. The Morgan fingerprint density at radius 2 is 2.15 bits per heavy atom. The molecule has 0 spiro atoms. The molecule has 0 bridgehead atoms. The highest BCUT2D eigenvalue weighted by molar-refractivity contribution is 7.15. The van der Waals surface area contributed by atoms with Crippen LogP contribution in [-0.4, -0.2) is 28.3 Å². The first-order valence-electron chi connectivity index (χ1n) is 7.05. The van der Waals surface area contributed by atoms with E-state index in [1.54, 1.807) is 11.3 Å². The lowest BCUT2D eigenvalue weighted by Gasteiger charge is -2.06. The molecule has 0 radical (unpaired) electrons. The van der Waals surface area contributed by atoms with Crippen molar-refractivity contribution in [2.24, 2.45) is 0 Å². The summed E-state index contributed by atoms with van der Waals surface area (Å²) in [6, 6.07) is 3.87. The normalized spacial score (nSPS) is 14.1. The van der Waals surface area contributed by atoms with Gasteiger partial charge >= 0.3 is 0 Å². The topological polar surface area (TPSA) is 55.2 Å². The van der Waals surface area contributed by atoms with Crippen LogP contribution in [0.5, 0.6) is 5.88 Å². The van der Waals surface area contributed by atoms with Gasteiger partial charge < -0.3 is 9.84 Å². The third-order valence-electron chi connectivity index (χ3n) is 3.38. The monoisotopic (exact) mass is 290 g/mol. The molecule has 2 aromatic heterocycles. The fraction of sp³-hybridized carbons (Fsp3) is 0.467. The third-order valence-corrected chi connectivity index (χ3v) is 4.59. The zero-order valence-electron chi connectivity index (χ0n) is 11.3. The third kappa shape index (κ3) is 2.99. The molecule has 0 fully saturated rings. The molecule has 1 aliphatic rings. The molecule has 4 nitrogen and oxygen atoms in total. The van der Waals surface area contributed by atoms with Crippen molar-refractivity contribution in [3.8, 4) is 16.5 Å². The summed E-state index contributed by atoms with van der Waals surface area (Å²) in [6.07, 6.45) is 7.27. The van der Waals surface area contributed by atoms with Gasteiger partial charge in [-0.25, -0.2) is 9.97 Å². The van der Waals surface area contributed by atoms with Crippen molar-refractivity contribution >= 4 is 11.3 Å². The van der Waals surface area contributed by atoms with Gasteiger partial charge in [0.15, 0.2) is 0 Å². The van der Waals surface area contributed by atoms with Crippen LogP contribution in [0.2, 0.25) is 0 Å². The van der Waals surface area contributed by atoms with Crippen molar-refractivity contribution in [3.63, 3.8) is 0 Å². The second kappa shape index (κ2) is 6.33. The van der Waals surface area contributed by atoms with Crippen molar-refractivity contribution in [2.45, 2.75) is 32.1 Å². The van der Waals surface area contributed by atoms with Gasteiger partial charge in [-0.1, -0.05) is 0 Å². The molecule has 106 valence electrons. The Labute approximate surface area is 122 Å². The lowest BCUT2D eigenvalue weighted by molar-refractivity contribution is 0.229. The molecule has 1 N–H and O–H groups in total. The minimum absolute atomic E-state index is 0.142. The Balaban J connectivity index is 1.72. The van der Waals surface area contributed by atoms with Crippen LogP contribution >= 0.6 is 11.3 Å². The van der Waals surface area contributed by atoms with E-state index in [9.17, 15) is 0 Å². The smallest absolute Gasteiger partial charge is 0.213 e. The number of hydrogen-bond acceptors (Lipinski definition) is 5. The van der Waals surface area contributed by atoms with E-state index in [1.807, 2.05) is 18.3 Å². The number of aliphatic hydroxyl groups excluding tert-OH is 1. The molecule has 2 heterocycles. The standard InChI is InChI=1S/C15H18N2O2S/c18-8-3-9-19-14-7-6-11(10-16-14)15-17-12-4-1-2-5-13(12)20-15/h6-7,10,18H,1-5,8-9H2. The van der Waals surface area contributed by atoms with E-state index in [0.29, 0.717) is 18.9 Å². The number of aromatic nitrogens is 2. The van der Waals surface area contributed by atoms with E-state index in [-0.39, 0.29) is 6.61 Å². The van der Waals surface area contributed by atoms with Gasteiger partial charge in [-0.05, 0) is 31.7 Å². The minimum atomic E-state index is 0.142. The fourth-order valence-corrected chi connectivity index (χ4v) is 3.45. The Hall–Kier alpha value is -1.46. The molecule has 0 unspecified atom stereocenters. The Kier molecular flexibility index (Phi) is 4.28. The number of nitrogens with zero attached hydrogens (tertiary/aromatic N) is 2. The number of pyridine rings is 1. The van der Waals surface area contributed by atoms with Crippen LogP contribution in [0, 0.1) is 0 Å². The summed E-state index contributed by atoms with van der Waals surface area (Å²) >= 11 is 1.79. The van der Waals surface area contributed by atoms with Gasteiger partial charge in [0.25, 0.3) is 0 Å². The number of fused-ring (bicyclic) bond motifs is 1. The molecular formula is C15H18N2O2S. The molecule has 2 aromatic rings. The number of hydrogen-bond donors (Lipinski definition) is 1. The summed E-state index contributed by atoms with van der Waals surface area (Å²) in [7, 11) is 0. The second-order valence-corrected chi connectivity index (χ2v) is 5.99. The summed E-state index contributed by atoms with van der Waals surface area (Å²) in [5, 5.41) is 9.77. The highest BCUT2D eigenvalue weighted by Crippen LogP contribution is 2.32. The summed E-state index contributed by atoms with van der Waals surface area (Å²) in [5.41, 5.74) is 2.33. The first-order chi connectivity index (χ1) is 9.86. The maximum Gasteiger partial charge on any atom is 0.213 e. The van der Waals surface area contributed by atoms with Gasteiger partial charge in [0.1, 0.15) is 5.01 Å². The number of thiazole rings is 1. The van der Waals surface area contributed by atoms with Crippen LogP contribution < -0.4 is 4.74 Å². The van der Waals surface area contributed by atoms with Crippen molar-refractivity contribution < 1.29 is 9.84 Å². The average molecular weight is 290 g/mol. The van der Waals surface area contributed by atoms with E-state index in [2.05, 4.69) is 4.98 Å². The highest BCUT2D eigenvalue weighted by Gasteiger charge is 2.16. The second-order valence-electron chi connectivity index (χ2n) is 4.91. The van der Waals surface area contributed by atoms with Crippen molar-refractivity contribution in [1.82, 2.24) is 9.97 Å². The minimum Gasteiger partial charge on any atom is -0.478 e. The Bertz CT molecular complexity index is 542. The van der Waals surface area contributed by atoms with Gasteiger partial charge in [-0.15, -0.1) is 11.3 Å². The zero-order chi connectivity index (χ0) is 13.8. The fourth-order valence-electron chi connectivity index (χ4n) is 2.31. The lowest BCUT2D eigenvalue weighted by Crippen LogP contribution is -2.00. The van der Waals surface area contributed by atoms with Gasteiger partial charge in [-0.3, -0.25) is 0 Å². The molecular weight excluding hydrogens is 272 g/mol. The SMILES string of the molecule is OCCCOc1ccc(-c2nc3c(s2)CCCC3)cn1. The number of ether oxygens (including phenoxy) is 1. The number of rotatable bonds is 5. The first-order valence-corrected chi connectivity index (χ1v) is 7.87. The van der Waals surface area contributed by atoms with Crippen LogP contribution in [0.3, 0.4) is 0 Å². The average Bonchev–Trinajstić information content (AvgIpc) is 2.92. The molecule has 0 atom stereocenters. The van der Waals surface area contributed by atoms with E-state index in [4.69, 9.17) is 14.8 Å². The Morgan fingerprint density at radius 1 is 1.25 bits per heavy atom. The van der Waals surface area contributed by atoms with E-state index in [1.165, 1.54) is 29.8 Å². The predicted molar refractivity (Wildman–Crippen MR) is 79.2 cm³/mol. The van der Waals surface area contributed by atoms with Crippen LogP contribution in [0.25, 0.3) is 10.6 Å². The van der Waals surface area contributed by atoms with Gasteiger partial charge in [0, 0.05) is 35.7 Å². The van der Waals surface area contributed by atoms with Crippen LogP contribution in [-0.2, 0) is 12.8 Å². The van der Waals surface area contributed by atoms with Crippen molar-refractivity contribution in [1.29, 1.82) is 0 Å². The molecule has 1 aliphatic carbocycles. The van der Waals surface area contributed by atoms with Crippen LogP contribution in [0.15, 0.2) is 18.3 Å². The van der Waals surface area contributed by atoms with Gasteiger partial charge in [0.05, 0.1) is 12.3 Å². The summed E-state index contributed by atoms with van der Waals surface area (Å²) < 4.78 is 5.43. The molecule has 3 rings (SSSR count). The maximum absolute atomic E-state index is 8.71. The van der Waals surface area contributed by atoms with Crippen molar-refractivity contribution in [2.75, 3.05) is 13.2 Å². The van der Waals surface area contributed by atoms with Gasteiger partial charge in [-0.2, -0.15) is 0 Å². The largest absolute Gasteiger partial charge is 0.478 e. The number of aryl methyl sites for hydroxylation is 2. The molecule has 5 heteroatoms. The van der Waals surface area contributed by atoms with E-state index < -0.39 is 0 Å². The van der Waals surface area contributed by atoms with E-state index in [0.717, 1.165) is 17.0 Å². The first kappa shape index (κ1) is 13.5. The lowest BCUT2D eigenvalue weighted by atomic mass is 10.0. The molecule has 0 amide bonds. The van der Waals surface area contributed by atoms with Crippen LogP contribution in [0.1, 0.15) is 29.8 Å². The summed E-state index contributed by atoms with van der Waals surface area (Å²) in [5.74, 6) is 0.600. The molecule has 0 aliphatic heterocycles. The molecule has 0 saturated carbocycles.